The largest absolute Gasteiger partial charge is 0.493 e. The van der Waals surface area contributed by atoms with Gasteiger partial charge in [-0.3, -0.25) is 0 Å². The van der Waals surface area contributed by atoms with Crippen LogP contribution in [0.4, 0.5) is 0 Å². The number of benzene rings is 1. The number of nitrogens with one attached hydrogen (secondary N) is 1. The predicted octanol–water partition coefficient (Wildman–Crippen LogP) is 1.68. The van der Waals surface area contributed by atoms with E-state index in [9.17, 15) is 0 Å². The Morgan fingerprint density at radius 2 is 1.90 bits per heavy atom. The first kappa shape index (κ1) is 13.8. The van der Waals surface area contributed by atoms with Gasteiger partial charge in [-0.25, -0.2) is 4.98 Å². The summed E-state index contributed by atoms with van der Waals surface area (Å²) in [5.41, 5.74) is 1.99. The Kier molecular flexibility index (Phi) is 3.70. The minimum Gasteiger partial charge on any atom is -0.493 e. The van der Waals surface area contributed by atoms with E-state index in [-0.39, 0.29) is 0 Å². The number of aromatic nitrogens is 2. The standard InChI is InChI=1S/C15H19N3O3/c1-19-12-5-4-10(14(20-2)15(12)21-3)11-8-17-13-9-16-6-7-18(11)13/h4-5,8,16H,6-7,9H2,1-3H3. The third-order valence-electron chi connectivity index (χ3n) is 3.71. The van der Waals surface area contributed by atoms with Crippen LogP contribution in [0.2, 0.25) is 0 Å². The molecule has 112 valence electrons. The lowest BCUT2D eigenvalue weighted by Crippen LogP contribution is -2.28. The molecule has 0 fully saturated rings. The number of ether oxygens (including phenoxy) is 3. The number of imidazole rings is 1. The van der Waals surface area contributed by atoms with Crippen molar-refractivity contribution in [3.8, 4) is 28.5 Å². The summed E-state index contributed by atoms with van der Waals surface area (Å²) in [5, 5.41) is 3.32. The van der Waals surface area contributed by atoms with Crippen LogP contribution < -0.4 is 19.5 Å². The molecule has 1 aliphatic heterocycles. The SMILES string of the molecule is COc1ccc(-c2cnc3n2CCNC3)c(OC)c1OC. The Bertz CT molecular complexity index is 652. The summed E-state index contributed by atoms with van der Waals surface area (Å²) in [6.07, 6.45) is 1.88. The lowest BCUT2D eigenvalue weighted by molar-refractivity contribution is 0.325. The van der Waals surface area contributed by atoms with Gasteiger partial charge in [-0.05, 0) is 12.1 Å². The quantitative estimate of drug-likeness (QED) is 0.928. The molecule has 0 radical (unpaired) electrons. The molecule has 2 heterocycles. The fourth-order valence-corrected chi connectivity index (χ4v) is 2.71. The van der Waals surface area contributed by atoms with Gasteiger partial charge in [0.1, 0.15) is 5.82 Å². The Morgan fingerprint density at radius 1 is 1.10 bits per heavy atom. The summed E-state index contributed by atoms with van der Waals surface area (Å²) in [6, 6.07) is 3.87. The van der Waals surface area contributed by atoms with E-state index < -0.39 is 0 Å². The van der Waals surface area contributed by atoms with Crippen LogP contribution in [-0.4, -0.2) is 37.4 Å². The van der Waals surface area contributed by atoms with Gasteiger partial charge < -0.3 is 24.1 Å². The van der Waals surface area contributed by atoms with Crippen LogP contribution >= 0.6 is 0 Å². The molecule has 1 aromatic carbocycles. The highest BCUT2D eigenvalue weighted by atomic mass is 16.5. The smallest absolute Gasteiger partial charge is 0.203 e. The van der Waals surface area contributed by atoms with E-state index in [0.29, 0.717) is 17.2 Å². The lowest BCUT2D eigenvalue weighted by Gasteiger charge is -2.20. The predicted molar refractivity (Wildman–Crippen MR) is 79.0 cm³/mol. The molecule has 2 aromatic rings. The first-order valence-electron chi connectivity index (χ1n) is 6.84. The fraction of sp³-hybridized carbons (Fsp3) is 0.400. The normalized spacial score (nSPS) is 13.7. The highest BCUT2D eigenvalue weighted by Crippen LogP contribution is 2.44. The molecule has 6 heteroatoms. The number of hydrogen-bond acceptors (Lipinski definition) is 5. The van der Waals surface area contributed by atoms with Crippen molar-refractivity contribution in [2.45, 2.75) is 13.1 Å². The molecule has 21 heavy (non-hydrogen) atoms. The van der Waals surface area contributed by atoms with E-state index in [1.165, 1.54) is 0 Å². The van der Waals surface area contributed by atoms with E-state index in [4.69, 9.17) is 14.2 Å². The molecule has 0 unspecified atom stereocenters. The maximum atomic E-state index is 5.56. The molecule has 0 spiro atoms. The van der Waals surface area contributed by atoms with E-state index in [2.05, 4.69) is 14.9 Å². The van der Waals surface area contributed by atoms with E-state index in [1.54, 1.807) is 21.3 Å². The molecule has 0 saturated heterocycles. The van der Waals surface area contributed by atoms with Gasteiger partial charge in [-0.1, -0.05) is 0 Å². The Hall–Kier alpha value is -2.21. The first-order chi connectivity index (χ1) is 10.3. The van der Waals surface area contributed by atoms with E-state index in [1.807, 2.05) is 18.3 Å². The zero-order valence-corrected chi connectivity index (χ0v) is 12.5. The summed E-state index contributed by atoms with van der Waals surface area (Å²) in [7, 11) is 4.86. The summed E-state index contributed by atoms with van der Waals surface area (Å²) < 4.78 is 18.5. The summed E-state index contributed by atoms with van der Waals surface area (Å²) in [6.45, 7) is 2.61. The molecule has 3 rings (SSSR count). The average Bonchev–Trinajstić information content (AvgIpc) is 2.97. The molecular weight excluding hydrogens is 270 g/mol. The second-order valence-electron chi connectivity index (χ2n) is 4.77. The molecule has 0 atom stereocenters. The monoisotopic (exact) mass is 289 g/mol. The Balaban J connectivity index is 2.16. The molecular formula is C15H19N3O3. The lowest BCUT2D eigenvalue weighted by atomic mass is 10.1. The second kappa shape index (κ2) is 5.65. The highest BCUT2D eigenvalue weighted by molar-refractivity contribution is 5.74. The number of nitrogens with zero attached hydrogens (tertiary/aromatic N) is 2. The van der Waals surface area contributed by atoms with Crippen molar-refractivity contribution in [3.63, 3.8) is 0 Å². The van der Waals surface area contributed by atoms with Gasteiger partial charge in [-0.2, -0.15) is 0 Å². The Labute approximate surface area is 123 Å². The first-order valence-corrected chi connectivity index (χ1v) is 6.84. The zero-order valence-electron chi connectivity index (χ0n) is 12.5. The van der Waals surface area contributed by atoms with Gasteiger partial charge in [0.2, 0.25) is 5.75 Å². The van der Waals surface area contributed by atoms with Crippen LogP contribution in [0.5, 0.6) is 17.2 Å². The minimum absolute atomic E-state index is 0.599. The molecule has 0 bridgehead atoms. The third kappa shape index (κ3) is 2.21. The number of methoxy groups -OCH3 is 3. The van der Waals surface area contributed by atoms with E-state index in [0.717, 1.165) is 36.7 Å². The van der Waals surface area contributed by atoms with Crippen molar-refractivity contribution in [3.05, 3.63) is 24.2 Å². The minimum atomic E-state index is 0.599. The van der Waals surface area contributed by atoms with E-state index >= 15 is 0 Å². The topological polar surface area (TPSA) is 57.5 Å². The number of fused-ring (bicyclic) bond motifs is 1. The van der Waals surface area contributed by atoms with Crippen LogP contribution in [0.25, 0.3) is 11.3 Å². The molecule has 0 amide bonds. The van der Waals surface area contributed by atoms with Crippen molar-refractivity contribution in [2.75, 3.05) is 27.9 Å². The number of hydrogen-bond donors (Lipinski definition) is 1. The van der Waals surface area contributed by atoms with Crippen LogP contribution in [0.15, 0.2) is 18.3 Å². The van der Waals surface area contributed by atoms with Crippen LogP contribution in [-0.2, 0) is 13.1 Å². The summed E-state index contributed by atoms with van der Waals surface area (Å²) in [4.78, 5) is 4.48. The van der Waals surface area contributed by atoms with Crippen molar-refractivity contribution < 1.29 is 14.2 Å². The summed E-state index contributed by atoms with van der Waals surface area (Å²) in [5.74, 6) is 2.95. The van der Waals surface area contributed by atoms with Crippen molar-refractivity contribution in [2.24, 2.45) is 0 Å². The molecule has 1 N–H and O–H groups in total. The van der Waals surface area contributed by atoms with Crippen molar-refractivity contribution in [1.82, 2.24) is 14.9 Å². The van der Waals surface area contributed by atoms with Crippen molar-refractivity contribution in [1.29, 1.82) is 0 Å². The van der Waals surface area contributed by atoms with Gasteiger partial charge in [0, 0.05) is 18.7 Å². The Morgan fingerprint density at radius 3 is 2.62 bits per heavy atom. The molecule has 0 saturated carbocycles. The third-order valence-corrected chi connectivity index (χ3v) is 3.71. The zero-order chi connectivity index (χ0) is 14.8. The maximum absolute atomic E-state index is 5.56. The molecule has 1 aliphatic rings. The van der Waals surface area contributed by atoms with Gasteiger partial charge in [0.05, 0.1) is 39.8 Å². The van der Waals surface area contributed by atoms with Gasteiger partial charge in [-0.15, -0.1) is 0 Å². The summed E-state index contributed by atoms with van der Waals surface area (Å²) >= 11 is 0. The maximum Gasteiger partial charge on any atom is 0.203 e. The van der Waals surface area contributed by atoms with Gasteiger partial charge >= 0.3 is 0 Å². The van der Waals surface area contributed by atoms with Crippen LogP contribution in [0, 0.1) is 0 Å². The van der Waals surface area contributed by atoms with Gasteiger partial charge in [0.25, 0.3) is 0 Å². The van der Waals surface area contributed by atoms with Crippen LogP contribution in [0.1, 0.15) is 5.82 Å². The van der Waals surface area contributed by atoms with Crippen molar-refractivity contribution >= 4 is 0 Å². The fourth-order valence-electron chi connectivity index (χ4n) is 2.71. The second-order valence-corrected chi connectivity index (χ2v) is 4.77. The van der Waals surface area contributed by atoms with Gasteiger partial charge in [0.15, 0.2) is 11.5 Å². The van der Waals surface area contributed by atoms with Crippen LogP contribution in [0.3, 0.4) is 0 Å². The number of rotatable bonds is 4. The highest BCUT2D eigenvalue weighted by Gasteiger charge is 2.21. The molecule has 1 aromatic heterocycles. The molecule has 6 nitrogen and oxygen atoms in total. The average molecular weight is 289 g/mol. The molecule has 0 aliphatic carbocycles.